The maximum atomic E-state index is 5.52. The van der Waals surface area contributed by atoms with Gasteiger partial charge in [-0.05, 0) is 23.6 Å². The average Bonchev–Trinajstić information content (AvgIpc) is 3.23. The Morgan fingerprint density at radius 1 is 1.16 bits per heavy atom. The zero-order chi connectivity index (χ0) is 17.8. The third kappa shape index (κ3) is 3.74. The Morgan fingerprint density at radius 2 is 1.92 bits per heavy atom. The van der Waals surface area contributed by atoms with Gasteiger partial charge in [-0.25, -0.2) is 9.67 Å². The highest BCUT2D eigenvalue weighted by Gasteiger charge is 2.18. The number of nitrogens with zero attached hydrogens (tertiary/aromatic N) is 4. The van der Waals surface area contributed by atoms with Crippen molar-refractivity contribution in [3.63, 3.8) is 0 Å². The van der Waals surface area contributed by atoms with Crippen LogP contribution in [0.25, 0.3) is 5.69 Å². The second-order valence-electron chi connectivity index (χ2n) is 6.39. The molecule has 1 N–H and O–H groups in total. The Bertz CT molecular complexity index is 803. The molecule has 0 radical (unpaired) electrons. The smallest absolute Gasteiger partial charge is 0.216 e. The fourth-order valence-corrected chi connectivity index (χ4v) is 2.99. The van der Waals surface area contributed by atoms with Gasteiger partial charge in [0.05, 0.1) is 24.7 Å². The molecule has 0 fully saturated rings. The zero-order valence-corrected chi connectivity index (χ0v) is 15.2. The van der Waals surface area contributed by atoms with E-state index in [2.05, 4.69) is 53.5 Å². The van der Waals surface area contributed by atoms with Crippen molar-refractivity contribution < 1.29 is 4.74 Å². The molecule has 6 nitrogen and oxygen atoms in total. The molecule has 0 aliphatic carbocycles. The summed E-state index contributed by atoms with van der Waals surface area (Å²) in [7, 11) is 3.61. The standard InChI is InChI=1S/C19H25N5O/c1-14(2)18-17(19(25-4)23(3)22-18)12-21-11-15-5-7-16(8-6-15)24-10-9-20-13-24/h5-10,13-14,21H,11-12H2,1-4H3. The molecule has 0 saturated heterocycles. The predicted octanol–water partition coefficient (Wildman–Crippen LogP) is 3.03. The van der Waals surface area contributed by atoms with Crippen molar-refractivity contribution >= 4 is 0 Å². The van der Waals surface area contributed by atoms with Gasteiger partial charge in [-0.3, -0.25) is 0 Å². The summed E-state index contributed by atoms with van der Waals surface area (Å²) in [4.78, 5) is 4.08. The summed E-state index contributed by atoms with van der Waals surface area (Å²) in [5, 5.41) is 8.09. The molecule has 0 saturated carbocycles. The minimum Gasteiger partial charge on any atom is -0.481 e. The van der Waals surface area contributed by atoms with E-state index in [1.165, 1.54) is 5.56 Å². The molecule has 25 heavy (non-hydrogen) atoms. The van der Waals surface area contributed by atoms with Gasteiger partial charge in [-0.2, -0.15) is 5.10 Å². The summed E-state index contributed by atoms with van der Waals surface area (Å²) in [6.45, 7) is 5.83. The van der Waals surface area contributed by atoms with Gasteiger partial charge in [-0.1, -0.05) is 26.0 Å². The van der Waals surface area contributed by atoms with E-state index in [0.717, 1.165) is 35.9 Å². The van der Waals surface area contributed by atoms with Crippen LogP contribution in [0.4, 0.5) is 0 Å². The van der Waals surface area contributed by atoms with Crippen LogP contribution in [0.3, 0.4) is 0 Å². The highest BCUT2D eigenvalue weighted by atomic mass is 16.5. The molecule has 2 heterocycles. The predicted molar refractivity (Wildman–Crippen MR) is 98.0 cm³/mol. The van der Waals surface area contributed by atoms with E-state index in [1.54, 1.807) is 19.6 Å². The molecule has 3 aromatic rings. The second kappa shape index (κ2) is 7.53. The molecule has 0 atom stereocenters. The molecule has 0 bridgehead atoms. The number of aryl methyl sites for hydroxylation is 1. The minimum absolute atomic E-state index is 0.362. The van der Waals surface area contributed by atoms with E-state index in [-0.39, 0.29) is 0 Å². The topological polar surface area (TPSA) is 56.9 Å². The maximum Gasteiger partial charge on any atom is 0.216 e. The van der Waals surface area contributed by atoms with Gasteiger partial charge in [0.2, 0.25) is 5.88 Å². The SMILES string of the molecule is COc1c(CNCc2ccc(-n3ccnc3)cc2)c(C(C)C)nn1C. The number of hydrogen-bond acceptors (Lipinski definition) is 4. The first-order valence-electron chi connectivity index (χ1n) is 8.48. The molecule has 0 aliphatic rings. The Hall–Kier alpha value is -2.60. The summed E-state index contributed by atoms with van der Waals surface area (Å²) in [6.07, 6.45) is 5.52. The molecule has 0 amide bonds. The number of benzene rings is 1. The van der Waals surface area contributed by atoms with Gasteiger partial charge < -0.3 is 14.6 Å². The van der Waals surface area contributed by atoms with Crippen molar-refractivity contribution in [1.29, 1.82) is 0 Å². The van der Waals surface area contributed by atoms with Gasteiger partial charge in [-0.15, -0.1) is 0 Å². The third-order valence-corrected chi connectivity index (χ3v) is 4.23. The monoisotopic (exact) mass is 339 g/mol. The van der Waals surface area contributed by atoms with Crippen LogP contribution in [-0.4, -0.2) is 26.4 Å². The summed E-state index contributed by atoms with van der Waals surface area (Å²) in [6, 6.07) is 8.46. The van der Waals surface area contributed by atoms with E-state index in [1.807, 2.05) is 22.5 Å². The Labute approximate surface area is 148 Å². The van der Waals surface area contributed by atoms with Crippen LogP contribution in [0, 0.1) is 0 Å². The second-order valence-corrected chi connectivity index (χ2v) is 6.39. The first-order valence-corrected chi connectivity index (χ1v) is 8.48. The van der Waals surface area contributed by atoms with Crippen LogP contribution in [0.2, 0.25) is 0 Å². The molecular weight excluding hydrogens is 314 g/mol. The fraction of sp³-hybridized carbons (Fsp3) is 0.368. The van der Waals surface area contributed by atoms with Crippen LogP contribution in [-0.2, 0) is 20.1 Å². The van der Waals surface area contributed by atoms with Gasteiger partial charge in [0.15, 0.2) is 0 Å². The van der Waals surface area contributed by atoms with Gasteiger partial charge >= 0.3 is 0 Å². The normalized spacial score (nSPS) is 11.2. The molecule has 6 heteroatoms. The van der Waals surface area contributed by atoms with Crippen LogP contribution in [0.15, 0.2) is 43.0 Å². The zero-order valence-electron chi connectivity index (χ0n) is 15.2. The molecule has 132 valence electrons. The van der Waals surface area contributed by atoms with E-state index in [0.29, 0.717) is 5.92 Å². The highest BCUT2D eigenvalue weighted by Crippen LogP contribution is 2.26. The minimum atomic E-state index is 0.362. The number of hydrogen-bond donors (Lipinski definition) is 1. The first-order chi connectivity index (χ1) is 12.1. The van der Waals surface area contributed by atoms with Gasteiger partial charge in [0.25, 0.3) is 0 Å². The van der Waals surface area contributed by atoms with Crippen LogP contribution >= 0.6 is 0 Å². The molecule has 2 aromatic heterocycles. The number of aromatic nitrogens is 4. The van der Waals surface area contributed by atoms with Crippen LogP contribution in [0.5, 0.6) is 5.88 Å². The molecule has 3 rings (SSSR count). The third-order valence-electron chi connectivity index (χ3n) is 4.23. The van der Waals surface area contributed by atoms with Crippen molar-refractivity contribution in [1.82, 2.24) is 24.6 Å². The molecule has 0 aliphatic heterocycles. The van der Waals surface area contributed by atoms with E-state index in [9.17, 15) is 0 Å². The van der Waals surface area contributed by atoms with Gasteiger partial charge in [0.1, 0.15) is 0 Å². The lowest BCUT2D eigenvalue weighted by Crippen LogP contribution is -2.14. The summed E-state index contributed by atoms with van der Waals surface area (Å²) >= 11 is 0. The number of methoxy groups -OCH3 is 1. The van der Waals surface area contributed by atoms with Crippen molar-refractivity contribution in [3.8, 4) is 11.6 Å². The lowest BCUT2D eigenvalue weighted by Gasteiger charge is -2.10. The maximum absolute atomic E-state index is 5.52. The van der Waals surface area contributed by atoms with Crippen molar-refractivity contribution in [3.05, 3.63) is 59.8 Å². The molecular formula is C19H25N5O. The van der Waals surface area contributed by atoms with Crippen molar-refractivity contribution in [2.75, 3.05) is 7.11 Å². The summed E-state index contributed by atoms with van der Waals surface area (Å²) < 4.78 is 9.32. The molecule has 0 unspecified atom stereocenters. The highest BCUT2D eigenvalue weighted by molar-refractivity contribution is 5.35. The number of rotatable bonds is 7. The summed E-state index contributed by atoms with van der Waals surface area (Å²) in [5.74, 6) is 1.19. The Kier molecular flexibility index (Phi) is 5.19. The largest absolute Gasteiger partial charge is 0.481 e. The molecule has 1 aromatic carbocycles. The first kappa shape index (κ1) is 17.2. The lowest BCUT2D eigenvalue weighted by molar-refractivity contribution is 0.368. The van der Waals surface area contributed by atoms with Gasteiger partial charge in [0, 0.05) is 38.2 Å². The quantitative estimate of drug-likeness (QED) is 0.719. The Morgan fingerprint density at radius 3 is 2.52 bits per heavy atom. The fourth-order valence-electron chi connectivity index (χ4n) is 2.99. The molecule has 0 spiro atoms. The number of imidazole rings is 1. The van der Waals surface area contributed by atoms with E-state index in [4.69, 9.17) is 4.74 Å². The van der Waals surface area contributed by atoms with Crippen molar-refractivity contribution in [2.45, 2.75) is 32.9 Å². The number of ether oxygens (including phenoxy) is 1. The number of nitrogens with one attached hydrogen (secondary N) is 1. The van der Waals surface area contributed by atoms with Crippen molar-refractivity contribution in [2.24, 2.45) is 7.05 Å². The Balaban J connectivity index is 1.65. The van der Waals surface area contributed by atoms with Crippen LogP contribution < -0.4 is 10.1 Å². The summed E-state index contributed by atoms with van der Waals surface area (Å²) in [5.41, 5.74) is 4.56. The average molecular weight is 339 g/mol. The lowest BCUT2D eigenvalue weighted by atomic mass is 10.1. The van der Waals surface area contributed by atoms with E-state index < -0.39 is 0 Å². The van der Waals surface area contributed by atoms with E-state index >= 15 is 0 Å². The van der Waals surface area contributed by atoms with Crippen LogP contribution in [0.1, 0.15) is 36.6 Å².